The minimum atomic E-state index is 0. The predicted molar refractivity (Wildman–Crippen MR) is 56.9 cm³/mol. The normalized spacial score (nSPS) is 9.62. The molecule has 0 aliphatic rings. The number of pyridine rings is 1. The fourth-order valence-corrected chi connectivity index (χ4v) is 1.33. The SMILES string of the molecule is Cl.NCc1ccnc2ccccc12. The lowest BCUT2D eigenvalue weighted by atomic mass is 10.1. The Bertz CT molecular complexity index is 396. The van der Waals surface area contributed by atoms with Crippen LogP contribution in [0.3, 0.4) is 0 Å². The zero-order chi connectivity index (χ0) is 8.39. The van der Waals surface area contributed by atoms with Crippen LogP contribution in [0, 0.1) is 0 Å². The maximum atomic E-state index is 5.59. The summed E-state index contributed by atoms with van der Waals surface area (Å²) in [5.41, 5.74) is 7.76. The number of para-hydroxylation sites is 1. The van der Waals surface area contributed by atoms with Crippen molar-refractivity contribution in [3.8, 4) is 0 Å². The first-order chi connectivity index (χ1) is 5.92. The van der Waals surface area contributed by atoms with Crippen molar-refractivity contribution in [1.29, 1.82) is 0 Å². The lowest BCUT2D eigenvalue weighted by Crippen LogP contribution is -1.97. The van der Waals surface area contributed by atoms with Gasteiger partial charge in [0.1, 0.15) is 0 Å². The van der Waals surface area contributed by atoms with Crippen molar-refractivity contribution in [2.75, 3.05) is 0 Å². The monoisotopic (exact) mass is 194 g/mol. The Kier molecular flexibility index (Phi) is 3.23. The number of aromatic nitrogens is 1. The highest BCUT2D eigenvalue weighted by Crippen LogP contribution is 2.14. The summed E-state index contributed by atoms with van der Waals surface area (Å²) in [7, 11) is 0. The summed E-state index contributed by atoms with van der Waals surface area (Å²) in [6.45, 7) is 0.572. The Balaban J connectivity index is 0.000000845. The van der Waals surface area contributed by atoms with Crippen LogP contribution in [0.5, 0.6) is 0 Å². The average molecular weight is 195 g/mol. The smallest absolute Gasteiger partial charge is 0.0705 e. The fraction of sp³-hybridized carbons (Fsp3) is 0.100. The van der Waals surface area contributed by atoms with Gasteiger partial charge in [-0.05, 0) is 17.7 Å². The van der Waals surface area contributed by atoms with Crippen molar-refractivity contribution in [1.82, 2.24) is 4.98 Å². The van der Waals surface area contributed by atoms with E-state index in [-0.39, 0.29) is 12.4 Å². The van der Waals surface area contributed by atoms with Crippen LogP contribution in [-0.2, 0) is 6.54 Å². The van der Waals surface area contributed by atoms with Gasteiger partial charge in [-0.25, -0.2) is 0 Å². The van der Waals surface area contributed by atoms with Crippen LogP contribution in [0.2, 0.25) is 0 Å². The second-order valence-electron chi connectivity index (χ2n) is 2.69. The third kappa shape index (κ3) is 1.79. The van der Waals surface area contributed by atoms with Crippen LogP contribution in [0.15, 0.2) is 36.5 Å². The van der Waals surface area contributed by atoms with Gasteiger partial charge in [0.2, 0.25) is 0 Å². The molecule has 0 saturated heterocycles. The Morgan fingerprint density at radius 3 is 2.69 bits per heavy atom. The summed E-state index contributed by atoms with van der Waals surface area (Å²) in [5.74, 6) is 0. The van der Waals surface area contributed by atoms with E-state index in [0.717, 1.165) is 16.5 Å². The van der Waals surface area contributed by atoms with Gasteiger partial charge in [-0.15, -0.1) is 12.4 Å². The van der Waals surface area contributed by atoms with Gasteiger partial charge in [-0.3, -0.25) is 4.98 Å². The van der Waals surface area contributed by atoms with E-state index in [0.29, 0.717) is 6.54 Å². The molecule has 0 spiro atoms. The Hall–Kier alpha value is -1.12. The van der Waals surface area contributed by atoms with Gasteiger partial charge in [-0.2, -0.15) is 0 Å². The van der Waals surface area contributed by atoms with Crippen molar-refractivity contribution in [2.24, 2.45) is 5.73 Å². The van der Waals surface area contributed by atoms with E-state index in [9.17, 15) is 0 Å². The van der Waals surface area contributed by atoms with E-state index >= 15 is 0 Å². The second kappa shape index (κ2) is 4.21. The van der Waals surface area contributed by atoms with Gasteiger partial charge in [0.25, 0.3) is 0 Å². The molecule has 0 radical (unpaired) electrons. The van der Waals surface area contributed by atoms with Crippen molar-refractivity contribution in [3.05, 3.63) is 42.1 Å². The standard InChI is InChI=1S/C10H10N2.ClH/c11-7-8-5-6-12-10-4-2-1-3-9(8)10;/h1-6H,7,11H2;1H. The molecule has 13 heavy (non-hydrogen) atoms. The first-order valence-corrected chi connectivity index (χ1v) is 3.94. The summed E-state index contributed by atoms with van der Waals surface area (Å²) >= 11 is 0. The first kappa shape index (κ1) is 9.96. The van der Waals surface area contributed by atoms with Crippen LogP contribution in [-0.4, -0.2) is 4.98 Å². The summed E-state index contributed by atoms with van der Waals surface area (Å²) in [5, 5.41) is 1.16. The number of hydrogen-bond donors (Lipinski definition) is 1. The summed E-state index contributed by atoms with van der Waals surface area (Å²) in [6, 6.07) is 9.99. The molecule has 2 nitrogen and oxygen atoms in total. The van der Waals surface area contributed by atoms with Crippen LogP contribution in [0.1, 0.15) is 5.56 Å². The van der Waals surface area contributed by atoms with Gasteiger partial charge < -0.3 is 5.73 Å². The summed E-state index contributed by atoms with van der Waals surface area (Å²) < 4.78 is 0. The van der Waals surface area contributed by atoms with Crippen LogP contribution < -0.4 is 5.73 Å². The number of nitrogens with zero attached hydrogens (tertiary/aromatic N) is 1. The van der Waals surface area contributed by atoms with Gasteiger partial charge in [-0.1, -0.05) is 18.2 Å². The molecule has 68 valence electrons. The molecule has 3 heteroatoms. The zero-order valence-electron chi connectivity index (χ0n) is 7.10. The highest BCUT2D eigenvalue weighted by atomic mass is 35.5. The van der Waals surface area contributed by atoms with Crippen LogP contribution in [0.25, 0.3) is 10.9 Å². The molecular weight excluding hydrogens is 184 g/mol. The Labute approximate surface area is 83.2 Å². The lowest BCUT2D eigenvalue weighted by molar-refractivity contribution is 1.08. The van der Waals surface area contributed by atoms with E-state index in [1.807, 2.05) is 30.3 Å². The molecule has 1 heterocycles. The molecule has 2 N–H and O–H groups in total. The van der Waals surface area contributed by atoms with Crippen LogP contribution in [0.4, 0.5) is 0 Å². The fourth-order valence-electron chi connectivity index (χ4n) is 1.33. The topological polar surface area (TPSA) is 38.9 Å². The zero-order valence-corrected chi connectivity index (χ0v) is 7.92. The average Bonchev–Trinajstić information content (AvgIpc) is 2.17. The molecular formula is C10H11ClN2. The van der Waals surface area contributed by atoms with Crippen molar-refractivity contribution >= 4 is 23.3 Å². The number of rotatable bonds is 1. The minimum Gasteiger partial charge on any atom is -0.326 e. The van der Waals surface area contributed by atoms with Gasteiger partial charge >= 0.3 is 0 Å². The van der Waals surface area contributed by atoms with Gasteiger partial charge in [0.05, 0.1) is 5.52 Å². The highest BCUT2D eigenvalue weighted by molar-refractivity contribution is 5.85. The maximum Gasteiger partial charge on any atom is 0.0705 e. The molecule has 0 unspecified atom stereocenters. The van der Waals surface area contributed by atoms with Crippen molar-refractivity contribution < 1.29 is 0 Å². The van der Waals surface area contributed by atoms with Gasteiger partial charge in [0.15, 0.2) is 0 Å². The highest BCUT2D eigenvalue weighted by Gasteiger charge is 1.97. The third-order valence-corrected chi connectivity index (χ3v) is 1.96. The number of fused-ring (bicyclic) bond motifs is 1. The molecule has 0 amide bonds. The van der Waals surface area contributed by atoms with E-state index in [1.165, 1.54) is 0 Å². The molecule has 0 aliphatic carbocycles. The lowest BCUT2D eigenvalue weighted by Gasteiger charge is -2.01. The predicted octanol–water partition coefficient (Wildman–Crippen LogP) is 2.12. The third-order valence-electron chi connectivity index (χ3n) is 1.96. The molecule has 0 bridgehead atoms. The molecule has 0 fully saturated rings. The number of halogens is 1. The maximum absolute atomic E-state index is 5.59. The van der Waals surface area contributed by atoms with E-state index in [4.69, 9.17) is 5.73 Å². The molecule has 1 aromatic heterocycles. The summed E-state index contributed by atoms with van der Waals surface area (Å²) in [4.78, 5) is 4.23. The van der Waals surface area contributed by atoms with Crippen molar-refractivity contribution in [2.45, 2.75) is 6.54 Å². The van der Waals surface area contributed by atoms with E-state index in [1.54, 1.807) is 6.20 Å². The molecule has 2 aromatic rings. The van der Waals surface area contributed by atoms with E-state index in [2.05, 4.69) is 4.98 Å². The number of benzene rings is 1. The Morgan fingerprint density at radius 2 is 1.92 bits per heavy atom. The molecule has 0 saturated carbocycles. The van der Waals surface area contributed by atoms with Crippen molar-refractivity contribution in [3.63, 3.8) is 0 Å². The quantitative estimate of drug-likeness (QED) is 0.756. The van der Waals surface area contributed by atoms with E-state index < -0.39 is 0 Å². The molecule has 1 aromatic carbocycles. The first-order valence-electron chi connectivity index (χ1n) is 3.94. The largest absolute Gasteiger partial charge is 0.326 e. The molecule has 0 atom stereocenters. The Morgan fingerprint density at radius 1 is 1.15 bits per heavy atom. The minimum absolute atomic E-state index is 0. The molecule has 2 rings (SSSR count). The van der Waals surface area contributed by atoms with Crippen LogP contribution >= 0.6 is 12.4 Å². The number of nitrogens with two attached hydrogens (primary N) is 1. The van der Waals surface area contributed by atoms with Gasteiger partial charge in [0, 0.05) is 18.1 Å². The number of hydrogen-bond acceptors (Lipinski definition) is 2. The molecule has 0 aliphatic heterocycles. The summed E-state index contributed by atoms with van der Waals surface area (Å²) in [6.07, 6.45) is 1.80. The second-order valence-corrected chi connectivity index (χ2v) is 2.69.